The summed E-state index contributed by atoms with van der Waals surface area (Å²) in [6.07, 6.45) is 3.44. The minimum absolute atomic E-state index is 0.146. The molecule has 0 aliphatic heterocycles. The predicted molar refractivity (Wildman–Crippen MR) is 160 cm³/mol. The molecule has 2 amide bonds. The Morgan fingerprint density at radius 3 is 2.50 bits per heavy atom. The van der Waals surface area contributed by atoms with Crippen molar-refractivity contribution in [2.75, 3.05) is 0 Å². The van der Waals surface area contributed by atoms with Crippen molar-refractivity contribution in [1.82, 2.24) is 25.7 Å². The largest absolute Gasteiger partial charge is 0.363 e. The number of hydrogen-bond acceptors (Lipinski definition) is 6. The molecule has 0 radical (unpaired) electrons. The number of nitrogens with zero attached hydrogens (tertiary/aromatic N) is 2. The molecule has 2 atom stereocenters. The number of benzene rings is 3. The second kappa shape index (κ2) is 12.9. The van der Waals surface area contributed by atoms with Crippen LogP contribution in [-0.4, -0.2) is 38.1 Å². The number of ether oxygens (including phenoxy) is 1. The highest BCUT2D eigenvalue weighted by Gasteiger charge is 2.36. The molecule has 0 fully saturated rings. The fourth-order valence-corrected chi connectivity index (χ4v) is 5.16. The van der Waals surface area contributed by atoms with Crippen LogP contribution in [0.15, 0.2) is 91.3 Å². The lowest BCUT2D eigenvalue weighted by molar-refractivity contribution is -0.152. The Labute approximate surface area is 244 Å². The number of rotatable bonds is 12. The lowest BCUT2D eigenvalue weighted by Gasteiger charge is -2.32. The van der Waals surface area contributed by atoms with Crippen LogP contribution in [0.5, 0.6) is 0 Å². The summed E-state index contributed by atoms with van der Waals surface area (Å²) in [7, 11) is 0. The zero-order valence-corrected chi connectivity index (χ0v) is 23.7. The third-order valence-electron chi connectivity index (χ3n) is 7.54. The lowest BCUT2D eigenvalue weighted by Crippen LogP contribution is -2.45. The predicted octanol–water partition coefficient (Wildman–Crippen LogP) is 5.41. The zero-order chi connectivity index (χ0) is 29.5. The van der Waals surface area contributed by atoms with Crippen LogP contribution in [0.4, 0.5) is 0 Å². The van der Waals surface area contributed by atoms with E-state index in [0.717, 1.165) is 32.9 Å². The van der Waals surface area contributed by atoms with E-state index < -0.39 is 23.5 Å². The number of imidazole rings is 1. The Hall–Kier alpha value is -4.60. The lowest BCUT2D eigenvalue weighted by atomic mass is 9.81. The SMILES string of the molecule is CC(C)(CCC(=O)N[C@@H](Cc1ccc2ccccc2c1)c1nc2cnccc2[nH]1)[C@H](OCc1ccccc1)C(=O)NO. The molecule has 0 unspecified atom stereocenters. The molecule has 2 aromatic heterocycles. The van der Waals surface area contributed by atoms with Crippen LogP contribution in [-0.2, 0) is 27.4 Å². The standard InChI is InChI=1S/C33H35N5O4/c1-33(2,30(32(40)38-41)42-21-22-8-4-3-5-9-22)16-14-29(39)35-27(31-36-26-15-17-34-20-28(26)37-31)19-23-12-13-24-10-6-7-11-25(24)18-23/h3-13,15,17-18,20,27,30,41H,14,16,19,21H2,1-2H3,(H,35,39)(H,36,37)(H,38,40)/t27-,30+/m0/s1. The van der Waals surface area contributed by atoms with Crippen LogP contribution >= 0.6 is 0 Å². The van der Waals surface area contributed by atoms with Crippen molar-refractivity contribution in [3.8, 4) is 0 Å². The summed E-state index contributed by atoms with van der Waals surface area (Å²) >= 11 is 0. The van der Waals surface area contributed by atoms with Gasteiger partial charge in [0.05, 0.1) is 24.4 Å². The highest BCUT2D eigenvalue weighted by atomic mass is 16.5. The number of hydrogen-bond donors (Lipinski definition) is 4. The van der Waals surface area contributed by atoms with E-state index in [0.29, 0.717) is 18.7 Å². The quantitative estimate of drug-likeness (QED) is 0.118. The van der Waals surface area contributed by atoms with E-state index in [2.05, 4.69) is 45.6 Å². The van der Waals surface area contributed by atoms with Crippen LogP contribution in [0.3, 0.4) is 0 Å². The second-order valence-corrected chi connectivity index (χ2v) is 11.2. The molecule has 0 aliphatic carbocycles. The van der Waals surface area contributed by atoms with Crippen molar-refractivity contribution in [3.05, 3.63) is 108 Å². The molecule has 0 saturated carbocycles. The molecule has 5 aromatic rings. The molecule has 9 heteroatoms. The molecule has 42 heavy (non-hydrogen) atoms. The van der Waals surface area contributed by atoms with Crippen molar-refractivity contribution >= 4 is 33.6 Å². The van der Waals surface area contributed by atoms with E-state index >= 15 is 0 Å². The summed E-state index contributed by atoms with van der Waals surface area (Å²) in [5.41, 5.74) is 4.49. The van der Waals surface area contributed by atoms with E-state index in [-0.39, 0.29) is 18.9 Å². The molecular weight excluding hydrogens is 530 g/mol. The number of pyridine rings is 1. The third kappa shape index (κ3) is 6.99. The van der Waals surface area contributed by atoms with Gasteiger partial charge in [-0.25, -0.2) is 10.5 Å². The van der Waals surface area contributed by atoms with Gasteiger partial charge in [0.1, 0.15) is 17.4 Å². The van der Waals surface area contributed by atoms with E-state index in [1.54, 1.807) is 17.9 Å². The highest BCUT2D eigenvalue weighted by Crippen LogP contribution is 2.31. The van der Waals surface area contributed by atoms with Gasteiger partial charge in [-0.1, -0.05) is 86.6 Å². The highest BCUT2D eigenvalue weighted by molar-refractivity contribution is 5.83. The summed E-state index contributed by atoms with van der Waals surface area (Å²) in [5, 5.41) is 14.8. The van der Waals surface area contributed by atoms with Crippen molar-refractivity contribution in [3.63, 3.8) is 0 Å². The fraction of sp³-hybridized carbons (Fsp3) is 0.273. The number of nitrogens with one attached hydrogen (secondary N) is 3. The molecule has 4 N–H and O–H groups in total. The van der Waals surface area contributed by atoms with E-state index in [9.17, 15) is 14.8 Å². The Balaban J connectivity index is 1.30. The topological polar surface area (TPSA) is 129 Å². The maximum absolute atomic E-state index is 13.4. The van der Waals surface area contributed by atoms with Gasteiger partial charge in [-0.3, -0.25) is 19.8 Å². The molecule has 2 heterocycles. The van der Waals surface area contributed by atoms with Crippen LogP contribution < -0.4 is 10.8 Å². The first-order valence-corrected chi connectivity index (χ1v) is 14.0. The number of carbonyl (C=O) groups is 2. The van der Waals surface area contributed by atoms with Gasteiger partial charge in [-0.2, -0.15) is 0 Å². The number of hydroxylamine groups is 1. The molecule has 5 rings (SSSR count). The van der Waals surface area contributed by atoms with Crippen LogP contribution in [0.1, 0.15) is 49.7 Å². The van der Waals surface area contributed by atoms with Crippen molar-refractivity contribution in [2.24, 2.45) is 5.41 Å². The van der Waals surface area contributed by atoms with Crippen LogP contribution in [0.25, 0.3) is 21.8 Å². The molecule has 0 spiro atoms. The first-order valence-electron chi connectivity index (χ1n) is 14.0. The summed E-state index contributed by atoms with van der Waals surface area (Å²) in [5.74, 6) is -0.192. The maximum Gasteiger partial charge on any atom is 0.273 e. The molecule has 0 saturated heterocycles. The van der Waals surface area contributed by atoms with Crippen molar-refractivity contribution in [2.45, 2.75) is 51.9 Å². The minimum Gasteiger partial charge on any atom is -0.363 e. The van der Waals surface area contributed by atoms with Gasteiger partial charge in [0.15, 0.2) is 0 Å². The normalized spacial score (nSPS) is 13.1. The number of aromatic nitrogens is 3. The zero-order valence-electron chi connectivity index (χ0n) is 23.7. The van der Waals surface area contributed by atoms with Gasteiger partial charge >= 0.3 is 0 Å². The van der Waals surface area contributed by atoms with Crippen molar-refractivity contribution < 1.29 is 19.5 Å². The minimum atomic E-state index is -0.966. The monoisotopic (exact) mass is 565 g/mol. The van der Waals surface area contributed by atoms with E-state index in [1.807, 2.05) is 62.4 Å². The van der Waals surface area contributed by atoms with E-state index in [4.69, 9.17) is 9.72 Å². The summed E-state index contributed by atoms with van der Waals surface area (Å²) in [4.78, 5) is 38.2. The molecular formula is C33H35N5O4. The smallest absolute Gasteiger partial charge is 0.273 e. The van der Waals surface area contributed by atoms with Gasteiger partial charge < -0.3 is 15.0 Å². The molecule has 0 aliphatic rings. The Morgan fingerprint density at radius 2 is 1.74 bits per heavy atom. The van der Waals surface area contributed by atoms with Gasteiger partial charge in [-0.05, 0) is 40.8 Å². The average molecular weight is 566 g/mol. The van der Waals surface area contributed by atoms with Crippen LogP contribution in [0, 0.1) is 5.41 Å². The summed E-state index contributed by atoms with van der Waals surface area (Å²) in [6.45, 7) is 3.90. The number of fused-ring (bicyclic) bond motifs is 2. The van der Waals surface area contributed by atoms with Crippen LogP contribution in [0.2, 0.25) is 0 Å². The van der Waals surface area contributed by atoms with E-state index in [1.165, 1.54) is 0 Å². The average Bonchev–Trinajstić information content (AvgIpc) is 3.45. The Morgan fingerprint density at radius 1 is 0.976 bits per heavy atom. The number of aromatic amines is 1. The number of H-pyrrole nitrogens is 1. The first-order chi connectivity index (χ1) is 20.3. The molecule has 3 aromatic carbocycles. The van der Waals surface area contributed by atoms with Gasteiger partial charge in [0, 0.05) is 18.0 Å². The Bertz CT molecular complexity index is 1630. The van der Waals surface area contributed by atoms with Gasteiger partial charge in [0.25, 0.3) is 5.91 Å². The second-order valence-electron chi connectivity index (χ2n) is 11.2. The number of carbonyl (C=O) groups excluding carboxylic acids is 2. The van der Waals surface area contributed by atoms with Gasteiger partial charge in [-0.15, -0.1) is 0 Å². The maximum atomic E-state index is 13.4. The number of amides is 2. The molecule has 0 bridgehead atoms. The van der Waals surface area contributed by atoms with Crippen molar-refractivity contribution in [1.29, 1.82) is 0 Å². The molecule has 216 valence electrons. The Kier molecular flexibility index (Phi) is 8.90. The summed E-state index contributed by atoms with van der Waals surface area (Å²) in [6, 6.07) is 25.4. The summed E-state index contributed by atoms with van der Waals surface area (Å²) < 4.78 is 5.95. The first kappa shape index (κ1) is 28.9. The fourth-order valence-electron chi connectivity index (χ4n) is 5.16. The third-order valence-corrected chi connectivity index (χ3v) is 7.54. The molecule has 9 nitrogen and oxygen atoms in total. The van der Waals surface area contributed by atoms with Gasteiger partial charge in [0.2, 0.25) is 5.91 Å².